The Morgan fingerprint density at radius 3 is 2.00 bits per heavy atom. The Morgan fingerprint density at radius 2 is 1.38 bits per heavy atom. The molecule has 0 bridgehead atoms. The molecule has 0 fully saturated rings. The molecule has 2 nitrogen and oxygen atoms in total. The maximum absolute atomic E-state index is 9.76. The SMILES string of the molecule is CCCCC/C=C\C/C=C\CCCCCCCCOCC(O)C[As](C)C. The fourth-order valence-corrected chi connectivity index (χ4v) is 4.88. The molecule has 0 aromatic carbocycles. The van der Waals surface area contributed by atoms with Crippen molar-refractivity contribution in [2.45, 2.75) is 107 Å². The van der Waals surface area contributed by atoms with Crippen LogP contribution in [0.3, 0.4) is 0 Å². The van der Waals surface area contributed by atoms with E-state index >= 15 is 0 Å². The molecular weight excluding hydrogens is 383 g/mol. The van der Waals surface area contributed by atoms with E-state index in [1.807, 2.05) is 0 Å². The Hall–Kier alpha value is -0.0416. The van der Waals surface area contributed by atoms with Crippen molar-refractivity contribution < 1.29 is 9.84 Å². The van der Waals surface area contributed by atoms with Crippen LogP contribution in [0.5, 0.6) is 0 Å². The Labute approximate surface area is 168 Å². The summed E-state index contributed by atoms with van der Waals surface area (Å²) in [7, 11) is 0. The van der Waals surface area contributed by atoms with Crippen molar-refractivity contribution in [3.63, 3.8) is 0 Å². The van der Waals surface area contributed by atoms with Crippen LogP contribution >= 0.6 is 0 Å². The van der Waals surface area contributed by atoms with Gasteiger partial charge in [-0.25, -0.2) is 0 Å². The second-order valence-corrected chi connectivity index (χ2v) is 12.9. The first-order chi connectivity index (χ1) is 12.7. The topological polar surface area (TPSA) is 29.5 Å². The first-order valence-corrected chi connectivity index (χ1v) is 15.9. The summed E-state index contributed by atoms with van der Waals surface area (Å²) < 4.78 is 5.57. The second-order valence-electron chi connectivity index (χ2n) is 7.58. The first kappa shape index (κ1) is 26.0. The summed E-state index contributed by atoms with van der Waals surface area (Å²) in [6.45, 7) is 3.60. The van der Waals surface area contributed by atoms with Gasteiger partial charge in [0.1, 0.15) is 0 Å². The molecule has 0 saturated heterocycles. The first-order valence-electron chi connectivity index (χ1n) is 10.9. The van der Waals surface area contributed by atoms with Crippen molar-refractivity contribution in [1.29, 1.82) is 0 Å². The number of rotatable bonds is 19. The molecule has 3 heteroatoms. The molecule has 1 unspecified atom stereocenters. The number of aliphatic hydroxyl groups excluding tert-OH is 1. The van der Waals surface area contributed by atoms with Gasteiger partial charge >= 0.3 is 105 Å². The Balaban J connectivity index is 3.20. The third-order valence-electron chi connectivity index (χ3n) is 4.38. The van der Waals surface area contributed by atoms with E-state index in [2.05, 4.69) is 42.7 Å². The zero-order valence-electron chi connectivity index (χ0n) is 17.8. The van der Waals surface area contributed by atoms with Gasteiger partial charge in [-0.3, -0.25) is 0 Å². The van der Waals surface area contributed by atoms with Gasteiger partial charge in [0.2, 0.25) is 0 Å². The predicted octanol–water partition coefficient (Wildman–Crippen LogP) is 6.93. The van der Waals surface area contributed by atoms with Crippen molar-refractivity contribution in [1.82, 2.24) is 0 Å². The van der Waals surface area contributed by atoms with Crippen LogP contribution in [0.15, 0.2) is 24.3 Å². The van der Waals surface area contributed by atoms with Crippen LogP contribution in [0, 0.1) is 0 Å². The van der Waals surface area contributed by atoms with E-state index < -0.39 is 14.7 Å². The molecule has 154 valence electrons. The molecule has 0 aromatic heterocycles. The molecule has 0 aliphatic rings. The van der Waals surface area contributed by atoms with Gasteiger partial charge in [-0.15, -0.1) is 0 Å². The number of ether oxygens (including phenoxy) is 1. The maximum atomic E-state index is 9.76. The van der Waals surface area contributed by atoms with Gasteiger partial charge in [-0.2, -0.15) is 0 Å². The number of unbranched alkanes of at least 4 members (excludes halogenated alkanes) is 9. The van der Waals surface area contributed by atoms with Gasteiger partial charge in [0, 0.05) is 0 Å². The second kappa shape index (κ2) is 21.3. The van der Waals surface area contributed by atoms with E-state index in [0.717, 1.165) is 24.7 Å². The summed E-state index contributed by atoms with van der Waals surface area (Å²) in [5, 5.41) is 10.7. The average molecular weight is 429 g/mol. The van der Waals surface area contributed by atoms with Crippen LogP contribution in [0.4, 0.5) is 0 Å². The number of aliphatic hydroxyl groups is 1. The zero-order valence-corrected chi connectivity index (χ0v) is 19.7. The fraction of sp³-hybridized carbons (Fsp3) is 0.826. The summed E-state index contributed by atoms with van der Waals surface area (Å²) >= 11 is -0.725. The summed E-state index contributed by atoms with van der Waals surface area (Å²) in [5.41, 5.74) is 4.55. The van der Waals surface area contributed by atoms with Gasteiger partial charge in [-0.05, 0) is 19.3 Å². The predicted molar refractivity (Wildman–Crippen MR) is 118 cm³/mol. The van der Waals surface area contributed by atoms with E-state index in [9.17, 15) is 5.11 Å². The standard InChI is InChI=1S/C23H45AsO2/c1-4-5-6-7-8-9-10-11-12-13-14-15-16-17-18-19-20-26-22-23(25)21-24(2)3/h8-9,11-12,23,25H,4-7,10,13-22H2,1-3H3/b9-8-,12-11-. The van der Waals surface area contributed by atoms with Crippen molar-refractivity contribution >= 4 is 14.7 Å². The van der Waals surface area contributed by atoms with E-state index in [1.165, 1.54) is 64.2 Å². The number of hydrogen-bond acceptors (Lipinski definition) is 2. The van der Waals surface area contributed by atoms with Crippen LogP contribution < -0.4 is 0 Å². The van der Waals surface area contributed by atoms with Gasteiger partial charge in [0.25, 0.3) is 0 Å². The molecule has 26 heavy (non-hydrogen) atoms. The summed E-state index contributed by atoms with van der Waals surface area (Å²) in [5.74, 6) is 0. The molecule has 0 amide bonds. The summed E-state index contributed by atoms with van der Waals surface area (Å²) in [6.07, 6.45) is 24.3. The molecule has 0 aliphatic heterocycles. The molecule has 0 saturated carbocycles. The molecule has 0 heterocycles. The van der Waals surface area contributed by atoms with E-state index in [-0.39, 0.29) is 6.10 Å². The van der Waals surface area contributed by atoms with Crippen LogP contribution in [-0.4, -0.2) is 39.1 Å². The van der Waals surface area contributed by atoms with Gasteiger partial charge < -0.3 is 0 Å². The normalized spacial score (nSPS) is 13.4. The Kier molecular flexibility index (Phi) is 21.2. The van der Waals surface area contributed by atoms with Crippen LogP contribution in [0.2, 0.25) is 16.6 Å². The quantitative estimate of drug-likeness (QED) is 0.137. The third kappa shape index (κ3) is 22.0. The summed E-state index contributed by atoms with van der Waals surface area (Å²) in [4.78, 5) is 0. The average Bonchev–Trinajstić information content (AvgIpc) is 2.60. The third-order valence-corrected chi connectivity index (χ3v) is 6.79. The van der Waals surface area contributed by atoms with E-state index in [1.54, 1.807) is 0 Å². The van der Waals surface area contributed by atoms with Gasteiger partial charge in [-0.1, -0.05) is 44.1 Å². The van der Waals surface area contributed by atoms with Crippen LogP contribution in [0.1, 0.15) is 84.0 Å². The van der Waals surface area contributed by atoms with Gasteiger partial charge in [0.05, 0.1) is 0 Å². The van der Waals surface area contributed by atoms with Crippen molar-refractivity contribution in [2.75, 3.05) is 13.2 Å². The zero-order chi connectivity index (χ0) is 19.3. The van der Waals surface area contributed by atoms with Crippen molar-refractivity contribution in [2.24, 2.45) is 0 Å². The molecule has 1 N–H and O–H groups in total. The monoisotopic (exact) mass is 428 g/mol. The number of hydrogen-bond donors (Lipinski definition) is 1. The van der Waals surface area contributed by atoms with Crippen LogP contribution in [0.25, 0.3) is 0 Å². The van der Waals surface area contributed by atoms with Gasteiger partial charge in [0.15, 0.2) is 0 Å². The van der Waals surface area contributed by atoms with Crippen molar-refractivity contribution in [3.05, 3.63) is 24.3 Å². The fourth-order valence-electron chi connectivity index (χ4n) is 2.89. The van der Waals surface area contributed by atoms with Crippen LogP contribution in [-0.2, 0) is 4.74 Å². The molecule has 0 radical (unpaired) electrons. The van der Waals surface area contributed by atoms with E-state index in [4.69, 9.17) is 4.74 Å². The Bertz CT molecular complexity index is 326. The minimum absolute atomic E-state index is 0.227. The number of allylic oxidation sites excluding steroid dienone is 4. The van der Waals surface area contributed by atoms with E-state index in [0.29, 0.717) is 6.61 Å². The molecule has 0 rings (SSSR count). The molecule has 0 aliphatic carbocycles. The minimum atomic E-state index is -0.725. The summed E-state index contributed by atoms with van der Waals surface area (Å²) in [6, 6.07) is 0. The Morgan fingerprint density at radius 1 is 0.808 bits per heavy atom. The molecule has 0 spiro atoms. The van der Waals surface area contributed by atoms with Crippen molar-refractivity contribution in [3.8, 4) is 0 Å². The molecule has 1 atom stereocenters. The molecular formula is C23H45AsO2. The molecule has 0 aromatic rings.